The molecular formula is C29H31N9O. The molecule has 198 valence electrons. The van der Waals surface area contributed by atoms with E-state index in [1.807, 2.05) is 31.3 Å². The average Bonchev–Trinajstić information content (AvgIpc) is 3.33. The topological polar surface area (TPSA) is 128 Å². The first-order chi connectivity index (χ1) is 19.0. The van der Waals surface area contributed by atoms with Crippen LogP contribution < -0.4 is 15.4 Å². The first-order valence-electron chi connectivity index (χ1n) is 13.6. The Balaban J connectivity index is 1.18. The lowest BCUT2D eigenvalue weighted by Crippen LogP contribution is -2.81. The van der Waals surface area contributed by atoms with E-state index in [4.69, 9.17) is 20.0 Å². The van der Waals surface area contributed by atoms with E-state index in [1.165, 1.54) is 12.8 Å². The quantitative estimate of drug-likeness (QED) is 0.295. The maximum absolute atomic E-state index is 9.05. The molecule has 0 aliphatic carbocycles. The summed E-state index contributed by atoms with van der Waals surface area (Å²) >= 11 is 0. The highest BCUT2D eigenvalue weighted by atomic mass is 16.5. The number of aromatic nitrogens is 5. The fraction of sp³-hybridized carbons (Fsp3) is 0.414. The van der Waals surface area contributed by atoms with Crippen LogP contribution in [0.25, 0.3) is 22.0 Å². The molecule has 0 radical (unpaired) electrons. The Hall–Kier alpha value is -4.23. The van der Waals surface area contributed by atoms with Crippen LogP contribution in [0.15, 0.2) is 42.7 Å². The van der Waals surface area contributed by atoms with Gasteiger partial charge in [0.1, 0.15) is 11.6 Å². The highest BCUT2D eigenvalue weighted by Crippen LogP contribution is 2.58. The van der Waals surface area contributed by atoms with Crippen molar-refractivity contribution in [1.29, 1.82) is 5.26 Å². The maximum atomic E-state index is 9.05. The van der Waals surface area contributed by atoms with Gasteiger partial charge in [0.2, 0.25) is 5.95 Å². The number of pyridine rings is 1. The summed E-state index contributed by atoms with van der Waals surface area (Å²) in [6.07, 6.45) is 9.74. The number of ether oxygens (including phenoxy) is 1. The minimum absolute atomic E-state index is 0.305. The number of anilines is 3. The Kier molecular flexibility index (Phi) is 5.63. The van der Waals surface area contributed by atoms with E-state index in [9.17, 15) is 0 Å². The molecule has 1 aromatic carbocycles. The van der Waals surface area contributed by atoms with Crippen molar-refractivity contribution >= 4 is 28.5 Å². The number of methoxy groups -OCH3 is 1. The third kappa shape index (κ3) is 4.14. The number of H-pyrrole nitrogens is 1. The van der Waals surface area contributed by atoms with E-state index in [1.54, 1.807) is 13.3 Å². The minimum atomic E-state index is 0.305. The van der Waals surface area contributed by atoms with Crippen molar-refractivity contribution in [3.8, 4) is 22.9 Å². The molecule has 7 rings (SSSR count). The molecule has 0 spiro atoms. The van der Waals surface area contributed by atoms with Crippen molar-refractivity contribution < 1.29 is 4.74 Å². The van der Waals surface area contributed by atoms with Gasteiger partial charge in [-0.05, 0) is 62.8 Å². The number of aromatic amines is 1. The molecular weight excluding hydrogens is 490 g/mol. The van der Waals surface area contributed by atoms with Crippen LogP contribution in [0.3, 0.4) is 0 Å². The van der Waals surface area contributed by atoms with Crippen LogP contribution in [0, 0.1) is 18.3 Å². The second-order valence-corrected chi connectivity index (χ2v) is 11.1. The Bertz CT molecular complexity index is 1580. The van der Waals surface area contributed by atoms with E-state index < -0.39 is 0 Å². The van der Waals surface area contributed by atoms with Crippen LogP contribution in [-0.4, -0.2) is 60.8 Å². The molecule has 10 heteroatoms. The molecule has 0 amide bonds. The van der Waals surface area contributed by atoms with Gasteiger partial charge in [-0.15, -0.1) is 0 Å². The highest BCUT2D eigenvalue weighted by molar-refractivity contribution is 5.94. The minimum Gasteiger partial charge on any atom is -0.495 e. The number of hydrogen-bond acceptors (Lipinski definition) is 9. The smallest absolute Gasteiger partial charge is 0.225 e. The predicted octanol–water partition coefficient (Wildman–Crippen LogP) is 4.94. The summed E-state index contributed by atoms with van der Waals surface area (Å²) in [6.45, 7) is 1.97. The van der Waals surface area contributed by atoms with Crippen LogP contribution in [0.4, 0.5) is 17.6 Å². The predicted molar refractivity (Wildman–Crippen MR) is 149 cm³/mol. The van der Waals surface area contributed by atoms with Gasteiger partial charge in [-0.25, -0.2) is 4.98 Å². The second kappa shape index (κ2) is 9.20. The fourth-order valence-corrected chi connectivity index (χ4v) is 7.05. The molecule has 3 fully saturated rings. The molecule has 1 unspecified atom stereocenters. The zero-order chi connectivity index (χ0) is 26.6. The van der Waals surface area contributed by atoms with Gasteiger partial charge in [-0.3, -0.25) is 15.0 Å². The van der Waals surface area contributed by atoms with Gasteiger partial charge < -0.3 is 15.4 Å². The lowest BCUT2D eigenvalue weighted by atomic mass is 9.57. The summed E-state index contributed by atoms with van der Waals surface area (Å²) in [4.78, 5) is 16.9. The van der Waals surface area contributed by atoms with Crippen molar-refractivity contribution in [1.82, 2.24) is 30.0 Å². The largest absolute Gasteiger partial charge is 0.495 e. The summed E-state index contributed by atoms with van der Waals surface area (Å²) in [5, 5.41) is 24.4. The molecule has 3 saturated heterocycles. The number of fused-ring (bicyclic) bond motifs is 1. The first-order valence-corrected chi connectivity index (χ1v) is 13.6. The van der Waals surface area contributed by atoms with Gasteiger partial charge in [0.05, 0.1) is 24.9 Å². The number of aryl methyl sites for hydroxylation is 1. The van der Waals surface area contributed by atoms with Gasteiger partial charge in [0.15, 0.2) is 5.82 Å². The van der Waals surface area contributed by atoms with Crippen molar-refractivity contribution in [2.45, 2.75) is 69.1 Å². The number of nitriles is 1. The standard InChI is InChI=1S/C29H31N9O/c1-17-8-26(37-36-17)34-27-24-5-4-18(19-9-23(39-2)16-31-15-19)10-25(24)33-28(35-27)32-20-11-21-13-29(6-3-7-30)14-22(12-20)38(21)29/h4-5,8-10,15-16,20-22H,3,6,11-14H2,1-2H3,(H3,32,33,34,35,36,37)/t20-,21+,22-,29?. The number of nitrogens with one attached hydrogen (secondary N) is 3. The number of nitrogens with zero attached hydrogens (tertiary/aromatic N) is 6. The van der Waals surface area contributed by atoms with Crippen LogP contribution in [0.2, 0.25) is 0 Å². The van der Waals surface area contributed by atoms with Gasteiger partial charge in [-0.2, -0.15) is 15.3 Å². The molecule has 0 saturated carbocycles. The molecule has 39 heavy (non-hydrogen) atoms. The summed E-state index contributed by atoms with van der Waals surface area (Å²) in [6, 6.07) is 13.9. The third-order valence-corrected chi connectivity index (χ3v) is 8.65. The van der Waals surface area contributed by atoms with E-state index in [0.29, 0.717) is 53.4 Å². The lowest BCUT2D eigenvalue weighted by molar-refractivity contribution is -0.222. The molecule has 0 bridgehead atoms. The zero-order valence-electron chi connectivity index (χ0n) is 22.1. The molecule has 4 atom stereocenters. The summed E-state index contributed by atoms with van der Waals surface area (Å²) in [5.74, 6) is 2.75. The van der Waals surface area contributed by atoms with Crippen LogP contribution in [0.1, 0.15) is 44.2 Å². The SMILES string of the molecule is COc1cncc(-c2ccc3c(Nc4cc(C)[nH]n4)nc(N[C@H]4C[C@@H]5CC6(CCC#N)C[C@H](C4)N56)nc3c2)c1. The van der Waals surface area contributed by atoms with Crippen molar-refractivity contribution in [3.05, 3.63) is 48.4 Å². The first kappa shape index (κ1) is 23.9. The Morgan fingerprint density at radius 2 is 1.97 bits per heavy atom. The lowest BCUT2D eigenvalue weighted by Gasteiger charge is -2.74. The van der Waals surface area contributed by atoms with Crippen molar-refractivity contribution in [2.24, 2.45) is 0 Å². The summed E-state index contributed by atoms with van der Waals surface area (Å²) < 4.78 is 5.38. The van der Waals surface area contributed by atoms with Crippen molar-refractivity contribution in [3.63, 3.8) is 0 Å². The second-order valence-electron chi connectivity index (χ2n) is 11.1. The average molecular weight is 522 g/mol. The number of rotatable bonds is 8. The summed E-state index contributed by atoms with van der Waals surface area (Å²) in [5.41, 5.74) is 4.08. The molecule has 4 aromatic rings. The molecule has 3 aliphatic rings. The van der Waals surface area contributed by atoms with Crippen LogP contribution in [-0.2, 0) is 0 Å². The van der Waals surface area contributed by atoms with Gasteiger partial charge in [0.25, 0.3) is 0 Å². The highest BCUT2D eigenvalue weighted by Gasteiger charge is 2.64. The van der Waals surface area contributed by atoms with E-state index >= 15 is 0 Å². The zero-order valence-corrected chi connectivity index (χ0v) is 22.1. The molecule has 10 nitrogen and oxygen atoms in total. The number of hydrogen-bond donors (Lipinski definition) is 3. The van der Waals surface area contributed by atoms with E-state index in [2.05, 4.69) is 48.9 Å². The van der Waals surface area contributed by atoms with Gasteiger partial charge in [-0.1, -0.05) is 6.07 Å². The van der Waals surface area contributed by atoms with E-state index in [0.717, 1.165) is 47.0 Å². The molecule has 3 N–H and O–H groups in total. The van der Waals surface area contributed by atoms with Gasteiger partial charge >= 0.3 is 0 Å². The Labute approximate surface area is 226 Å². The Morgan fingerprint density at radius 3 is 2.72 bits per heavy atom. The number of piperidine rings is 2. The van der Waals surface area contributed by atoms with Crippen LogP contribution in [0.5, 0.6) is 5.75 Å². The molecule has 6 heterocycles. The Morgan fingerprint density at radius 1 is 1.13 bits per heavy atom. The molecule has 3 aliphatic heterocycles. The van der Waals surface area contributed by atoms with E-state index in [-0.39, 0.29) is 0 Å². The summed E-state index contributed by atoms with van der Waals surface area (Å²) in [7, 11) is 1.64. The monoisotopic (exact) mass is 521 g/mol. The normalized spacial score (nSPS) is 25.2. The molecule has 3 aromatic heterocycles. The van der Waals surface area contributed by atoms with Gasteiger partial charge in [0, 0.05) is 59.0 Å². The van der Waals surface area contributed by atoms with Crippen LogP contribution >= 0.6 is 0 Å². The fourth-order valence-electron chi connectivity index (χ4n) is 7.05. The number of benzene rings is 1. The third-order valence-electron chi connectivity index (χ3n) is 8.65. The maximum Gasteiger partial charge on any atom is 0.225 e. The van der Waals surface area contributed by atoms with Crippen molar-refractivity contribution in [2.75, 3.05) is 17.7 Å².